The maximum absolute atomic E-state index is 12.0. The predicted octanol–water partition coefficient (Wildman–Crippen LogP) is 2.96. The molecule has 0 aliphatic heterocycles. The van der Waals surface area contributed by atoms with E-state index < -0.39 is 10.0 Å². The lowest BCUT2D eigenvalue weighted by Crippen LogP contribution is -2.18. The normalized spacial score (nSPS) is 11.7. The van der Waals surface area contributed by atoms with Crippen LogP contribution in [-0.4, -0.2) is 14.6 Å². The highest BCUT2D eigenvalue weighted by Gasteiger charge is 2.11. The van der Waals surface area contributed by atoms with E-state index in [4.69, 9.17) is 11.6 Å². The summed E-state index contributed by atoms with van der Waals surface area (Å²) in [6, 6.07) is 13.4. The molecule has 0 fully saturated rings. The number of sulfonamides is 1. The predicted molar refractivity (Wildman–Crippen MR) is 80.5 cm³/mol. The van der Waals surface area contributed by atoms with E-state index in [2.05, 4.69) is 9.93 Å². The minimum Gasteiger partial charge on any atom is -0.200 e. The molecule has 0 saturated carbocycles. The summed E-state index contributed by atoms with van der Waals surface area (Å²) in [6.07, 6.45) is 1.48. The summed E-state index contributed by atoms with van der Waals surface area (Å²) in [7, 11) is -3.67. The number of nitrogens with zero attached hydrogens (tertiary/aromatic N) is 1. The highest BCUT2D eigenvalue weighted by Crippen LogP contribution is 2.13. The van der Waals surface area contributed by atoms with Gasteiger partial charge in [0.05, 0.1) is 11.1 Å². The minimum atomic E-state index is -3.67. The highest BCUT2D eigenvalue weighted by molar-refractivity contribution is 7.89. The fourth-order valence-electron chi connectivity index (χ4n) is 1.56. The van der Waals surface area contributed by atoms with E-state index in [0.717, 1.165) is 11.1 Å². The Bertz CT molecular complexity index is 725. The van der Waals surface area contributed by atoms with Gasteiger partial charge >= 0.3 is 0 Å². The molecule has 0 unspecified atom stereocenters. The van der Waals surface area contributed by atoms with Gasteiger partial charge in [-0.1, -0.05) is 35.9 Å². The van der Waals surface area contributed by atoms with Gasteiger partial charge in [0, 0.05) is 5.02 Å². The van der Waals surface area contributed by atoms with Gasteiger partial charge in [-0.3, -0.25) is 0 Å². The molecule has 20 heavy (non-hydrogen) atoms. The van der Waals surface area contributed by atoms with Crippen molar-refractivity contribution in [1.29, 1.82) is 0 Å². The van der Waals surface area contributed by atoms with E-state index in [1.807, 2.05) is 31.2 Å². The Labute approximate surface area is 123 Å². The van der Waals surface area contributed by atoms with Gasteiger partial charge in [0.15, 0.2) is 0 Å². The average molecular weight is 309 g/mol. The molecule has 0 aromatic heterocycles. The number of hydrogen-bond acceptors (Lipinski definition) is 3. The molecule has 4 nitrogen and oxygen atoms in total. The number of nitrogens with one attached hydrogen (secondary N) is 1. The van der Waals surface area contributed by atoms with Crippen LogP contribution in [0.2, 0.25) is 5.02 Å². The third-order valence-electron chi connectivity index (χ3n) is 2.69. The quantitative estimate of drug-likeness (QED) is 0.697. The Hall–Kier alpha value is -1.85. The maximum Gasteiger partial charge on any atom is 0.276 e. The average Bonchev–Trinajstić information content (AvgIpc) is 2.41. The van der Waals surface area contributed by atoms with Crippen LogP contribution in [0.3, 0.4) is 0 Å². The maximum atomic E-state index is 12.0. The van der Waals surface area contributed by atoms with Crippen molar-refractivity contribution >= 4 is 27.8 Å². The van der Waals surface area contributed by atoms with E-state index in [0.29, 0.717) is 5.02 Å². The Kier molecular flexibility index (Phi) is 4.42. The van der Waals surface area contributed by atoms with Crippen LogP contribution in [0, 0.1) is 6.92 Å². The van der Waals surface area contributed by atoms with Gasteiger partial charge in [-0.15, -0.1) is 0 Å². The molecule has 0 radical (unpaired) electrons. The van der Waals surface area contributed by atoms with Crippen LogP contribution in [0.1, 0.15) is 11.1 Å². The molecule has 2 aromatic rings. The first-order valence-corrected chi connectivity index (χ1v) is 7.71. The molecule has 2 aromatic carbocycles. The second-order valence-corrected chi connectivity index (χ2v) is 6.26. The van der Waals surface area contributed by atoms with Crippen molar-refractivity contribution in [2.75, 3.05) is 0 Å². The van der Waals surface area contributed by atoms with Gasteiger partial charge in [0.2, 0.25) is 0 Å². The van der Waals surface area contributed by atoms with Crippen molar-refractivity contribution in [3.8, 4) is 0 Å². The Balaban J connectivity index is 2.14. The largest absolute Gasteiger partial charge is 0.276 e. The number of hydrogen-bond donors (Lipinski definition) is 1. The third-order valence-corrected chi connectivity index (χ3v) is 4.18. The van der Waals surface area contributed by atoms with Crippen LogP contribution in [0.4, 0.5) is 0 Å². The molecular formula is C14H13ClN2O2S. The molecule has 0 aliphatic rings. The van der Waals surface area contributed by atoms with E-state index >= 15 is 0 Å². The molecule has 0 amide bonds. The van der Waals surface area contributed by atoms with Crippen LogP contribution < -0.4 is 4.83 Å². The van der Waals surface area contributed by atoms with Gasteiger partial charge in [0.25, 0.3) is 10.0 Å². The molecule has 0 heterocycles. The highest BCUT2D eigenvalue weighted by atomic mass is 35.5. The number of halogens is 1. The molecule has 6 heteroatoms. The van der Waals surface area contributed by atoms with Crippen LogP contribution in [0.15, 0.2) is 58.5 Å². The lowest BCUT2D eigenvalue weighted by Gasteiger charge is -2.03. The zero-order chi connectivity index (χ0) is 14.6. The van der Waals surface area contributed by atoms with E-state index in [-0.39, 0.29) is 4.90 Å². The van der Waals surface area contributed by atoms with Crippen molar-refractivity contribution in [2.24, 2.45) is 5.10 Å². The first-order chi connectivity index (χ1) is 9.49. The molecule has 2 rings (SSSR count). The SMILES string of the molecule is Cc1ccccc1/C=N/NS(=O)(=O)c1ccc(Cl)cc1. The number of rotatable bonds is 4. The van der Waals surface area contributed by atoms with Crippen LogP contribution in [0.25, 0.3) is 0 Å². The van der Waals surface area contributed by atoms with Gasteiger partial charge in [-0.2, -0.15) is 13.5 Å². The topological polar surface area (TPSA) is 58.5 Å². The third kappa shape index (κ3) is 3.59. The van der Waals surface area contributed by atoms with E-state index in [1.165, 1.54) is 30.5 Å². The number of benzene rings is 2. The Morgan fingerprint density at radius 2 is 1.75 bits per heavy atom. The molecule has 1 N–H and O–H groups in total. The molecule has 0 bridgehead atoms. The van der Waals surface area contributed by atoms with Crippen molar-refractivity contribution in [2.45, 2.75) is 11.8 Å². The van der Waals surface area contributed by atoms with Crippen molar-refractivity contribution < 1.29 is 8.42 Å². The van der Waals surface area contributed by atoms with Gasteiger partial charge in [-0.05, 0) is 42.3 Å². The molecule has 0 saturated heterocycles. The summed E-state index contributed by atoms with van der Waals surface area (Å²) in [4.78, 5) is 2.28. The fourth-order valence-corrected chi connectivity index (χ4v) is 2.48. The van der Waals surface area contributed by atoms with Gasteiger partial charge < -0.3 is 0 Å². The van der Waals surface area contributed by atoms with Crippen LogP contribution >= 0.6 is 11.6 Å². The molecule has 0 spiro atoms. The smallest absolute Gasteiger partial charge is 0.200 e. The zero-order valence-corrected chi connectivity index (χ0v) is 12.3. The Morgan fingerprint density at radius 3 is 2.40 bits per heavy atom. The molecular weight excluding hydrogens is 296 g/mol. The molecule has 104 valence electrons. The van der Waals surface area contributed by atoms with Crippen LogP contribution in [-0.2, 0) is 10.0 Å². The summed E-state index contributed by atoms with van der Waals surface area (Å²) in [6.45, 7) is 1.93. The van der Waals surface area contributed by atoms with Gasteiger partial charge in [-0.25, -0.2) is 4.83 Å². The van der Waals surface area contributed by atoms with Gasteiger partial charge in [0.1, 0.15) is 0 Å². The zero-order valence-electron chi connectivity index (χ0n) is 10.7. The minimum absolute atomic E-state index is 0.115. The lowest BCUT2D eigenvalue weighted by atomic mass is 10.1. The summed E-state index contributed by atoms with van der Waals surface area (Å²) >= 11 is 5.72. The van der Waals surface area contributed by atoms with Crippen molar-refractivity contribution in [1.82, 2.24) is 4.83 Å². The Morgan fingerprint density at radius 1 is 1.10 bits per heavy atom. The van der Waals surface area contributed by atoms with Crippen LogP contribution in [0.5, 0.6) is 0 Å². The second-order valence-electron chi connectivity index (χ2n) is 4.16. The van der Waals surface area contributed by atoms with Crippen molar-refractivity contribution in [3.63, 3.8) is 0 Å². The standard InChI is InChI=1S/C14H13ClN2O2S/c1-11-4-2-3-5-12(11)10-16-17-20(18,19)14-8-6-13(15)7-9-14/h2-10,17H,1H3/b16-10+. The summed E-state index contributed by atoms with van der Waals surface area (Å²) in [5.74, 6) is 0. The lowest BCUT2D eigenvalue weighted by molar-refractivity contribution is 0.584. The monoisotopic (exact) mass is 308 g/mol. The fraction of sp³-hybridized carbons (Fsp3) is 0.0714. The first kappa shape index (κ1) is 14.6. The first-order valence-electron chi connectivity index (χ1n) is 5.85. The summed E-state index contributed by atoms with van der Waals surface area (Å²) in [5, 5.41) is 4.26. The van der Waals surface area contributed by atoms with E-state index in [1.54, 1.807) is 0 Å². The number of hydrazone groups is 1. The summed E-state index contributed by atoms with van der Waals surface area (Å²) in [5.41, 5.74) is 1.87. The second kappa shape index (κ2) is 6.07. The van der Waals surface area contributed by atoms with Crippen molar-refractivity contribution in [3.05, 3.63) is 64.7 Å². The molecule has 0 atom stereocenters. The summed E-state index contributed by atoms with van der Waals surface area (Å²) < 4.78 is 23.9. The molecule has 0 aliphatic carbocycles. The van der Waals surface area contributed by atoms with E-state index in [9.17, 15) is 8.42 Å². The number of aryl methyl sites for hydroxylation is 1.